The summed E-state index contributed by atoms with van der Waals surface area (Å²) in [6.07, 6.45) is 4.10. The number of nitrogens with zero attached hydrogens (tertiary/aromatic N) is 1. The van der Waals surface area contributed by atoms with Crippen LogP contribution in [0.3, 0.4) is 0 Å². The average molecular weight is 233 g/mol. The summed E-state index contributed by atoms with van der Waals surface area (Å²) in [6.45, 7) is 4.29. The Balaban J connectivity index is 2.01. The second kappa shape index (κ2) is 6.18. The summed E-state index contributed by atoms with van der Waals surface area (Å²) in [6, 6.07) is 11.3. The van der Waals surface area contributed by atoms with Gasteiger partial charge in [-0.3, -0.25) is 4.90 Å². The van der Waals surface area contributed by atoms with Crippen LogP contribution < -0.4 is 0 Å². The van der Waals surface area contributed by atoms with Gasteiger partial charge < -0.3 is 5.11 Å². The van der Waals surface area contributed by atoms with Gasteiger partial charge in [-0.25, -0.2) is 0 Å². The van der Waals surface area contributed by atoms with Crippen LogP contribution >= 0.6 is 0 Å². The van der Waals surface area contributed by atoms with E-state index in [1.54, 1.807) is 0 Å². The Labute approximate surface area is 104 Å². The molecule has 1 heterocycles. The molecule has 0 aliphatic carbocycles. The Bertz CT molecular complexity index is 325. The molecule has 1 aromatic rings. The van der Waals surface area contributed by atoms with Crippen molar-refractivity contribution in [2.24, 2.45) is 0 Å². The third-order valence-electron chi connectivity index (χ3n) is 3.80. The number of hydrogen-bond donors (Lipinski definition) is 1. The summed E-state index contributed by atoms with van der Waals surface area (Å²) in [5.74, 6) is 0. The van der Waals surface area contributed by atoms with Gasteiger partial charge in [-0.2, -0.15) is 0 Å². The summed E-state index contributed by atoms with van der Waals surface area (Å²) in [5, 5.41) is 9.76. The molecule has 1 saturated heterocycles. The number of likely N-dealkylation sites (tertiary alicyclic amines) is 1. The highest BCUT2D eigenvalue weighted by Gasteiger charge is 2.22. The van der Waals surface area contributed by atoms with Crippen molar-refractivity contribution in [1.29, 1.82) is 0 Å². The van der Waals surface area contributed by atoms with Crippen LogP contribution in [0, 0.1) is 0 Å². The second-order valence-corrected chi connectivity index (χ2v) is 5.04. The van der Waals surface area contributed by atoms with Crippen molar-refractivity contribution in [2.45, 2.75) is 51.3 Å². The molecular weight excluding hydrogens is 210 g/mol. The van der Waals surface area contributed by atoms with Gasteiger partial charge in [0.25, 0.3) is 0 Å². The molecule has 0 amide bonds. The highest BCUT2D eigenvalue weighted by atomic mass is 16.3. The largest absolute Gasteiger partial charge is 0.393 e. The maximum atomic E-state index is 9.76. The Morgan fingerprint density at radius 2 is 1.94 bits per heavy atom. The molecule has 2 unspecified atom stereocenters. The molecule has 2 atom stereocenters. The normalized spacial score (nSPS) is 26.7. The van der Waals surface area contributed by atoms with Gasteiger partial charge in [0.1, 0.15) is 0 Å². The molecule has 17 heavy (non-hydrogen) atoms. The number of rotatable bonds is 3. The van der Waals surface area contributed by atoms with Crippen LogP contribution in [-0.2, 0) is 6.54 Å². The molecule has 94 valence electrons. The first-order valence-electron chi connectivity index (χ1n) is 6.75. The van der Waals surface area contributed by atoms with E-state index >= 15 is 0 Å². The molecule has 1 fully saturated rings. The van der Waals surface area contributed by atoms with Crippen molar-refractivity contribution < 1.29 is 5.11 Å². The van der Waals surface area contributed by atoms with Crippen LogP contribution in [0.25, 0.3) is 0 Å². The molecule has 2 heteroatoms. The van der Waals surface area contributed by atoms with Gasteiger partial charge in [0.15, 0.2) is 0 Å². The molecule has 0 saturated carbocycles. The third kappa shape index (κ3) is 3.55. The summed E-state index contributed by atoms with van der Waals surface area (Å²) in [5.41, 5.74) is 1.38. The lowest BCUT2D eigenvalue weighted by atomic mass is 10.1. The number of aliphatic hydroxyl groups is 1. The van der Waals surface area contributed by atoms with Crippen LogP contribution in [0.4, 0.5) is 0 Å². The SMILES string of the molecule is CCC1CCC(O)CCN1Cc1ccccc1. The minimum Gasteiger partial charge on any atom is -0.393 e. The van der Waals surface area contributed by atoms with E-state index in [1.165, 1.54) is 12.0 Å². The fourth-order valence-electron chi connectivity index (χ4n) is 2.70. The lowest BCUT2D eigenvalue weighted by Crippen LogP contribution is -2.33. The van der Waals surface area contributed by atoms with Crippen molar-refractivity contribution in [3.05, 3.63) is 35.9 Å². The predicted octanol–water partition coefficient (Wildman–Crippen LogP) is 2.81. The third-order valence-corrected chi connectivity index (χ3v) is 3.80. The molecule has 0 radical (unpaired) electrons. The van der Waals surface area contributed by atoms with Crippen LogP contribution in [0.5, 0.6) is 0 Å². The Hall–Kier alpha value is -0.860. The molecule has 1 N–H and O–H groups in total. The molecule has 2 rings (SSSR count). The summed E-state index contributed by atoms with van der Waals surface area (Å²) in [7, 11) is 0. The van der Waals surface area contributed by atoms with Gasteiger partial charge in [-0.05, 0) is 31.2 Å². The first kappa shape index (κ1) is 12.6. The minimum absolute atomic E-state index is 0.0928. The zero-order valence-corrected chi connectivity index (χ0v) is 10.7. The van der Waals surface area contributed by atoms with E-state index in [1.807, 2.05) is 0 Å². The monoisotopic (exact) mass is 233 g/mol. The highest BCUT2D eigenvalue weighted by molar-refractivity contribution is 5.14. The van der Waals surface area contributed by atoms with E-state index in [9.17, 15) is 5.11 Å². The molecule has 0 spiro atoms. The van der Waals surface area contributed by atoms with Crippen LogP contribution in [0.2, 0.25) is 0 Å². The van der Waals surface area contributed by atoms with E-state index in [-0.39, 0.29) is 6.10 Å². The summed E-state index contributed by atoms with van der Waals surface area (Å²) >= 11 is 0. The van der Waals surface area contributed by atoms with Gasteiger partial charge in [0.2, 0.25) is 0 Å². The Morgan fingerprint density at radius 3 is 2.65 bits per heavy atom. The van der Waals surface area contributed by atoms with E-state index in [0.717, 1.165) is 32.4 Å². The Morgan fingerprint density at radius 1 is 1.18 bits per heavy atom. The molecule has 0 bridgehead atoms. The minimum atomic E-state index is -0.0928. The van der Waals surface area contributed by atoms with Crippen LogP contribution in [-0.4, -0.2) is 28.7 Å². The second-order valence-electron chi connectivity index (χ2n) is 5.04. The number of benzene rings is 1. The predicted molar refractivity (Wildman–Crippen MR) is 70.8 cm³/mol. The van der Waals surface area contributed by atoms with Crippen molar-refractivity contribution in [1.82, 2.24) is 4.90 Å². The van der Waals surface area contributed by atoms with E-state index in [0.29, 0.717) is 6.04 Å². The molecule has 0 aromatic heterocycles. The first-order chi connectivity index (χ1) is 8.29. The lowest BCUT2D eigenvalue weighted by molar-refractivity contribution is 0.152. The van der Waals surface area contributed by atoms with Gasteiger partial charge in [-0.15, -0.1) is 0 Å². The highest BCUT2D eigenvalue weighted by Crippen LogP contribution is 2.21. The van der Waals surface area contributed by atoms with Crippen LogP contribution in [0.15, 0.2) is 30.3 Å². The maximum Gasteiger partial charge on any atom is 0.0553 e. The van der Waals surface area contributed by atoms with Crippen molar-refractivity contribution >= 4 is 0 Å². The zero-order valence-electron chi connectivity index (χ0n) is 10.7. The van der Waals surface area contributed by atoms with Crippen molar-refractivity contribution in [3.63, 3.8) is 0 Å². The fourth-order valence-corrected chi connectivity index (χ4v) is 2.70. The molecule has 2 nitrogen and oxygen atoms in total. The van der Waals surface area contributed by atoms with Crippen molar-refractivity contribution in [2.75, 3.05) is 6.54 Å². The molecule has 1 aliphatic rings. The summed E-state index contributed by atoms with van der Waals surface area (Å²) in [4.78, 5) is 2.53. The van der Waals surface area contributed by atoms with Gasteiger partial charge in [-0.1, -0.05) is 37.3 Å². The molecule has 1 aromatic carbocycles. The molecular formula is C15H23NO. The van der Waals surface area contributed by atoms with E-state index in [4.69, 9.17) is 0 Å². The van der Waals surface area contributed by atoms with Crippen LogP contribution in [0.1, 0.15) is 38.2 Å². The average Bonchev–Trinajstić information content (AvgIpc) is 2.53. The van der Waals surface area contributed by atoms with Gasteiger partial charge in [0.05, 0.1) is 6.10 Å². The Kier molecular flexibility index (Phi) is 4.57. The fraction of sp³-hybridized carbons (Fsp3) is 0.600. The maximum absolute atomic E-state index is 9.76. The van der Waals surface area contributed by atoms with Gasteiger partial charge >= 0.3 is 0 Å². The van der Waals surface area contributed by atoms with Gasteiger partial charge in [0, 0.05) is 19.1 Å². The quantitative estimate of drug-likeness (QED) is 0.867. The lowest BCUT2D eigenvalue weighted by Gasteiger charge is -2.29. The van der Waals surface area contributed by atoms with E-state index in [2.05, 4.69) is 42.2 Å². The zero-order chi connectivity index (χ0) is 12.1. The summed E-state index contributed by atoms with van der Waals surface area (Å²) < 4.78 is 0. The topological polar surface area (TPSA) is 23.5 Å². The molecule has 1 aliphatic heterocycles. The van der Waals surface area contributed by atoms with E-state index < -0.39 is 0 Å². The van der Waals surface area contributed by atoms with Crippen molar-refractivity contribution in [3.8, 4) is 0 Å². The standard InChI is InChI=1S/C15H23NO/c1-2-14-8-9-15(17)10-11-16(14)12-13-6-4-3-5-7-13/h3-7,14-15,17H,2,8-12H2,1H3. The first-order valence-corrected chi connectivity index (χ1v) is 6.75. The number of hydrogen-bond acceptors (Lipinski definition) is 2. The smallest absolute Gasteiger partial charge is 0.0553 e. The number of aliphatic hydroxyl groups excluding tert-OH is 1.